The number of carbonyl (C=O) groups is 4. The molecule has 12 heteroatoms. The van der Waals surface area contributed by atoms with Crippen molar-refractivity contribution in [2.45, 2.75) is 43.1 Å². The van der Waals surface area contributed by atoms with Gasteiger partial charge in [0, 0.05) is 36.0 Å². The molecule has 0 aliphatic carbocycles. The number of aliphatic hydroxyl groups excluding tert-OH is 1. The molecule has 2 aliphatic rings. The highest BCUT2D eigenvalue weighted by Gasteiger charge is 2.33. The summed E-state index contributed by atoms with van der Waals surface area (Å²) >= 11 is 1.31. The van der Waals surface area contributed by atoms with Crippen LogP contribution in [0, 0.1) is 0 Å². The summed E-state index contributed by atoms with van der Waals surface area (Å²) in [5.74, 6) is -2.51. The van der Waals surface area contributed by atoms with Gasteiger partial charge in [-0.05, 0) is 47.0 Å². The Labute approximate surface area is 267 Å². The number of amides is 1. The van der Waals surface area contributed by atoms with E-state index in [0.717, 1.165) is 22.3 Å². The van der Waals surface area contributed by atoms with E-state index in [1.807, 2.05) is 48.5 Å². The van der Waals surface area contributed by atoms with Gasteiger partial charge in [-0.2, -0.15) is 0 Å². The molecule has 3 heterocycles. The van der Waals surface area contributed by atoms with Crippen LogP contribution in [0.3, 0.4) is 0 Å². The molecule has 3 N–H and O–H groups in total. The summed E-state index contributed by atoms with van der Waals surface area (Å²) in [5, 5.41) is 22.2. The number of carboxylic acid groups (broad SMARTS) is 1. The molecule has 0 saturated carbocycles. The topological polar surface area (TPSA) is 161 Å². The van der Waals surface area contributed by atoms with E-state index in [2.05, 4.69) is 15.0 Å². The molecular weight excluding hydrogens is 612 g/mol. The summed E-state index contributed by atoms with van der Waals surface area (Å²) in [6, 6.07) is 22.2. The lowest BCUT2D eigenvalue weighted by Gasteiger charge is -2.36. The average Bonchev–Trinajstić information content (AvgIpc) is 3.38. The first-order chi connectivity index (χ1) is 22.3. The van der Waals surface area contributed by atoms with E-state index in [9.17, 15) is 29.4 Å². The number of thioether (sulfide) groups is 1. The number of esters is 2. The molecule has 46 heavy (non-hydrogen) atoms. The van der Waals surface area contributed by atoms with Gasteiger partial charge in [0.05, 0.1) is 35.5 Å². The molecule has 3 unspecified atom stereocenters. The zero-order valence-corrected chi connectivity index (χ0v) is 25.1. The van der Waals surface area contributed by atoms with Gasteiger partial charge < -0.3 is 29.7 Å². The third kappa shape index (κ3) is 6.85. The second kappa shape index (κ2) is 13.6. The van der Waals surface area contributed by atoms with Crippen molar-refractivity contribution in [3.05, 3.63) is 130 Å². The first-order valence-corrected chi connectivity index (χ1v) is 15.4. The number of nitrogens with zero attached hydrogens (tertiary/aromatic N) is 1. The van der Waals surface area contributed by atoms with Gasteiger partial charge in [-0.1, -0.05) is 48.5 Å². The largest absolute Gasteiger partial charge is 0.478 e. The smallest absolute Gasteiger partial charge is 0.346 e. The summed E-state index contributed by atoms with van der Waals surface area (Å²) in [6.07, 6.45) is 0.743. The van der Waals surface area contributed by atoms with Gasteiger partial charge in [0.2, 0.25) is 0 Å². The molecule has 1 amide bonds. The molecule has 0 spiro atoms. The average molecular weight is 641 g/mol. The first kappa shape index (κ1) is 31.1. The van der Waals surface area contributed by atoms with Crippen LogP contribution in [0.4, 0.5) is 0 Å². The molecular formula is C34H28N2O9S. The predicted molar refractivity (Wildman–Crippen MR) is 164 cm³/mol. The number of carbonyl (C=O) groups excluding carboxylic acids is 3. The van der Waals surface area contributed by atoms with Crippen LogP contribution in [0.25, 0.3) is 0 Å². The minimum absolute atomic E-state index is 0.0659. The van der Waals surface area contributed by atoms with Crippen LogP contribution in [0.5, 0.6) is 0 Å². The Morgan fingerprint density at radius 1 is 0.891 bits per heavy atom. The normalized spacial score (nSPS) is 18.9. The maximum atomic E-state index is 12.7. The van der Waals surface area contributed by atoms with Gasteiger partial charge in [-0.25, -0.2) is 19.4 Å². The number of hydrogen-bond donors (Lipinski definition) is 3. The maximum absolute atomic E-state index is 12.7. The molecule has 6 rings (SSSR count). The Balaban J connectivity index is 1.14. The zero-order valence-electron chi connectivity index (χ0n) is 24.3. The lowest BCUT2D eigenvalue weighted by Crippen LogP contribution is -2.31. The highest BCUT2D eigenvalue weighted by molar-refractivity contribution is 7.99. The van der Waals surface area contributed by atoms with Crippen LogP contribution in [-0.4, -0.2) is 50.9 Å². The number of aliphatic hydroxyl groups is 1. The molecule has 3 aromatic carbocycles. The number of ether oxygens (including phenoxy) is 3. The van der Waals surface area contributed by atoms with Gasteiger partial charge in [-0.15, -0.1) is 11.8 Å². The monoisotopic (exact) mass is 640 g/mol. The number of nitrogens with one attached hydrogen (secondary N) is 1. The van der Waals surface area contributed by atoms with Crippen LogP contribution in [-0.2, 0) is 27.4 Å². The van der Waals surface area contributed by atoms with Crippen molar-refractivity contribution in [2.24, 2.45) is 0 Å². The molecule has 234 valence electrons. The SMILES string of the molecule is O=C(NCc1ccc(C2OC(CSc3ncccc3C(=O)O)CC(c3ccc(CO)cc3)O2)cc1)c1ccc2c(c1)C(=O)OC2=O. The highest BCUT2D eigenvalue weighted by atomic mass is 32.2. The maximum Gasteiger partial charge on any atom is 0.346 e. The lowest BCUT2D eigenvalue weighted by atomic mass is 10.0. The second-order valence-corrected chi connectivity index (χ2v) is 11.7. The third-order valence-corrected chi connectivity index (χ3v) is 8.77. The van der Waals surface area contributed by atoms with Gasteiger partial charge in [0.15, 0.2) is 6.29 Å². The molecule has 2 aliphatic heterocycles. The van der Waals surface area contributed by atoms with Crippen molar-refractivity contribution in [1.82, 2.24) is 10.3 Å². The summed E-state index contributed by atoms with van der Waals surface area (Å²) in [6.45, 7) is 0.142. The van der Waals surface area contributed by atoms with Crippen molar-refractivity contribution in [3.8, 4) is 0 Å². The third-order valence-electron chi connectivity index (χ3n) is 7.63. The van der Waals surface area contributed by atoms with E-state index in [0.29, 0.717) is 17.2 Å². The Bertz CT molecular complexity index is 1790. The minimum Gasteiger partial charge on any atom is -0.478 e. The molecule has 1 fully saturated rings. The number of pyridine rings is 1. The Kier molecular flexibility index (Phi) is 9.22. The van der Waals surface area contributed by atoms with E-state index < -0.39 is 30.1 Å². The first-order valence-electron chi connectivity index (χ1n) is 14.4. The number of fused-ring (bicyclic) bond motifs is 1. The van der Waals surface area contributed by atoms with E-state index in [1.54, 1.807) is 12.3 Å². The summed E-state index contributed by atoms with van der Waals surface area (Å²) < 4.78 is 17.3. The predicted octanol–water partition coefficient (Wildman–Crippen LogP) is 4.85. The number of aromatic nitrogens is 1. The van der Waals surface area contributed by atoms with Crippen LogP contribution in [0.15, 0.2) is 90.1 Å². The van der Waals surface area contributed by atoms with Gasteiger partial charge >= 0.3 is 17.9 Å². The Morgan fingerprint density at radius 2 is 1.61 bits per heavy atom. The summed E-state index contributed by atoms with van der Waals surface area (Å²) in [4.78, 5) is 52.2. The zero-order chi connectivity index (χ0) is 32.2. The van der Waals surface area contributed by atoms with E-state index >= 15 is 0 Å². The molecule has 4 aromatic rings. The molecule has 0 radical (unpaired) electrons. The van der Waals surface area contributed by atoms with E-state index in [4.69, 9.17) is 9.47 Å². The standard InChI is InChI=1S/C34H28N2O9S/c37-17-20-5-7-21(8-6-20)28-15-24(18-46-30-26(31(39)40)2-1-13-35-30)43-34(44-28)22-9-3-19(4-10-22)16-36-29(38)23-11-12-25-27(14-23)33(42)45-32(25)41/h1-14,24,28,34,37H,15-18H2,(H,36,38)(H,39,40). The second-order valence-electron chi connectivity index (χ2n) is 10.7. The molecule has 1 aromatic heterocycles. The Morgan fingerprint density at radius 3 is 2.35 bits per heavy atom. The van der Waals surface area contributed by atoms with Crippen LogP contribution in [0.2, 0.25) is 0 Å². The fourth-order valence-corrected chi connectivity index (χ4v) is 6.17. The molecule has 11 nitrogen and oxygen atoms in total. The van der Waals surface area contributed by atoms with E-state index in [-0.39, 0.29) is 47.6 Å². The van der Waals surface area contributed by atoms with Crippen molar-refractivity contribution in [3.63, 3.8) is 0 Å². The minimum atomic E-state index is -1.05. The van der Waals surface area contributed by atoms with E-state index in [1.165, 1.54) is 36.0 Å². The number of hydrogen-bond acceptors (Lipinski definition) is 10. The van der Waals surface area contributed by atoms with Crippen molar-refractivity contribution < 1.29 is 43.6 Å². The summed E-state index contributed by atoms with van der Waals surface area (Å²) in [7, 11) is 0. The fourth-order valence-electron chi connectivity index (χ4n) is 5.17. The number of aromatic carboxylic acids is 1. The van der Waals surface area contributed by atoms with Crippen LogP contribution < -0.4 is 5.32 Å². The van der Waals surface area contributed by atoms with Crippen LogP contribution >= 0.6 is 11.8 Å². The van der Waals surface area contributed by atoms with Crippen molar-refractivity contribution in [1.29, 1.82) is 0 Å². The van der Waals surface area contributed by atoms with Gasteiger partial charge in [0.25, 0.3) is 5.91 Å². The van der Waals surface area contributed by atoms with Crippen molar-refractivity contribution >= 4 is 35.6 Å². The number of cyclic esters (lactones) is 2. The lowest BCUT2D eigenvalue weighted by molar-refractivity contribution is -0.245. The van der Waals surface area contributed by atoms with Gasteiger partial charge in [0.1, 0.15) is 5.03 Å². The van der Waals surface area contributed by atoms with Crippen LogP contribution in [0.1, 0.15) is 82.5 Å². The molecule has 1 saturated heterocycles. The highest BCUT2D eigenvalue weighted by Crippen LogP contribution is 2.39. The molecule has 0 bridgehead atoms. The summed E-state index contributed by atoms with van der Waals surface area (Å²) in [5.41, 5.74) is 3.83. The number of carboxylic acids is 1. The Hall–Kier alpha value is -4.88. The quantitative estimate of drug-likeness (QED) is 0.123. The fraction of sp³-hybridized carbons (Fsp3) is 0.206. The number of rotatable bonds is 10. The van der Waals surface area contributed by atoms with Gasteiger partial charge in [-0.3, -0.25) is 4.79 Å². The number of benzene rings is 3. The molecule has 3 atom stereocenters. The van der Waals surface area contributed by atoms with Crippen molar-refractivity contribution in [2.75, 3.05) is 5.75 Å².